The fourth-order valence-corrected chi connectivity index (χ4v) is 3.24. The second kappa shape index (κ2) is 15.6. The summed E-state index contributed by atoms with van der Waals surface area (Å²) >= 11 is 0. The molecule has 0 aliphatic carbocycles. The van der Waals surface area contributed by atoms with Crippen molar-refractivity contribution in [3.8, 4) is 0 Å². The van der Waals surface area contributed by atoms with E-state index in [1.54, 1.807) is 6.92 Å². The first-order chi connectivity index (χ1) is 15.3. The molecule has 3 amide bonds. The Morgan fingerprint density at radius 3 is 1.88 bits per heavy atom. The number of hydrogen-bond donors (Lipinski definition) is 6. The summed E-state index contributed by atoms with van der Waals surface area (Å²) in [6.07, 6.45) is 2.50. The SMILES string of the molecule is CCC(C)C(NC(=O)C(CCCCN)NC(=O)C(N)C(C)C)C(=O)NC(CC(C)C)C(=O)O. The Morgan fingerprint density at radius 1 is 0.848 bits per heavy atom. The predicted octanol–water partition coefficient (Wildman–Crippen LogP) is 0.730. The minimum absolute atomic E-state index is 0.0651. The van der Waals surface area contributed by atoms with Gasteiger partial charge in [-0.3, -0.25) is 14.4 Å². The van der Waals surface area contributed by atoms with Crippen molar-refractivity contribution in [3.05, 3.63) is 0 Å². The monoisotopic (exact) mass is 471 g/mol. The van der Waals surface area contributed by atoms with E-state index in [-0.39, 0.29) is 24.2 Å². The normalized spacial score (nSPS) is 15.9. The van der Waals surface area contributed by atoms with E-state index >= 15 is 0 Å². The molecule has 33 heavy (non-hydrogen) atoms. The lowest BCUT2D eigenvalue weighted by Crippen LogP contribution is -2.59. The largest absolute Gasteiger partial charge is 0.480 e. The molecule has 0 aromatic carbocycles. The van der Waals surface area contributed by atoms with Gasteiger partial charge in [-0.1, -0.05) is 48.0 Å². The molecule has 0 aliphatic rings. The van der Waals surface area contributed by atoms with Gasteiger partial charge in [-0.15, -0.1) is 0 Å². The molecule has 5 unspecified atom stereocenters. The highest BCUT2D eigenvalue weighted by molar-refractivity contribution is 5.94. The zero-order chi connectivity index (χ0) is 25.7. The summed E-state index contributed by atoms with van der Waals surface area (Å²) in [4.78, 5) is 50.1. The number of rotatable bonds is 16. The van der Waals surface area contributed by atoms with Crippen LogP contribution in [-0.2, 0) is 19.2 Å². The third kappa shape index (κ3) is 11.5. The maximum Gasteiger partial charge on any atom is 0.326 e. The molecule has 0 spiro atoms. The van der Waals surface area contributed by atoms with Crippen LogP contribution in [0, 0.1) is 17.8 Å². The van der Waals surface area contributed by atoms with Crippen LogP contribution in [0.15, 0.2) is 0 Å². The molecule has 0 aliphatic heterocycles. The van der Waals surface area contributed by atoms with Crippen molar-refractivity contribution in [2.45, 2.75) is 97.8 Å². The quantitative estimate of drug-likeness (QED) is 0.180. The average molecular weight is 472 g/mol. The summed E-state index contributed by atoms with van der Waals surface area (Å²) in [7, 11) is 0. The second-order valence-electron chi connectivity index (χ2n) is 9.52. The molecule has 0 fully saturated rings. The van der Waals surface area contributed by atoms with Gasteiger partial charge in [0, 0.05) is 0 Å². The molecule has 0 bridgehead atoms. The summed E-state index contributed by atoms with van der Waals surface area (Å²) in [6.45, 7) is 11.5. The first-order valence-electron chi connectivity index (χ1n) is 11.9. The van der Waals surface area contributed by atoms with Crippen LogP contribution in [0.5, 0.6) is 0 Å². The highest BCUT2D eigenvalue weighted by atomic mass is 16.4. The third-order valence-corrected chi connectivity index (χ3v) is 5.72. The predicted molar refractivity (Wildman–Crippen MR) is 128 cm³/mol. The van der Waals surface area contributed by atoms with Crippen LogP contribution < -0.4 is 27.4 Å². The van der Waals surface area contributed by atoms with Gasteiger partial charge in [0.15, 0.2) is 0 Å². The molecule has 0 aromatic rings. The summed E-state index contributed by atoms with van der Waals surface area (Å²) in [6, 6.07) is -3.63. The Kier molecular flexibility index (Phi) is 14.6. The number of carboxylic acids is 1. The molecule has 0 rings (SSSR count). The van der Waals surface area contributed by atoms with Gasteiger partial charge in [-0.25, -0.2) is 4.79 Å². The van der Waals surface area contributed by atoms with Crippen molar-refractivity contribution in [3.63, 3.8) is 0 Å². The number of carboxylic acid groups (broad SMARTS) is 1. The van der Waals surface area contributed by atoms with Crippen molar-refractivity contribution < 1.29 is 24.3 Å². The van der Waals surface area contributed by atoms with Crippen LogP contribution in [0.25, 0.3) is 0 Å². The lowest BCUT2D eigenvalue weighted by molar-refractivity contribution is -0.143. The third-order valence-electron chi connectivity index (χ3n) is 5.72. The maximum atomic E-state index is 13.1. The fraction of sp³-hybridized carbons (Fsp3) is 0.826. The lowest BCUT2D eigenvalue weighted by atomic mass is 9.96. The molecular weight excluding hydrogens is 426 g/mol. The Balaban J connectivity index is 5.56. The van der Waals surface area contributed by atoms with Gasteiger partial charge in [-0.05, 0) is 50.0 Å². The van der Waals surface area contributed by atoms with E-state index in [0.717, 1.165) is 0 Å². The van der Waals surface area contributed by atoms with Crippen molar-refractivity contribution in [2.75, 3.05) is 6.54 Å². The molecule has 8 N–H and O–H groups in total. The first kappa shape index (κ1) is 30.8. The number of nitrogens with one attached hydrogen (secondary N) is 3. The summed E-state index contributed by atoms with van der Waals surface area (Å²) < 4.78 is 0. The minimum Gasteiger partial charge on any atom is -0.480 e. The smallest absolute Gasteiger partial charge is 0.326 e. The first-order valence-corrected chi connectivity index (χ1v) is 11.9. The Labute approximate surface area is 198 Å². The topological polar surface area (TPSA) is 177 Å². The van der Waals surface area contributed by atoms with Crippen LogP contribution in [-0.4, -0.2) is 59.5 Å². The van der Waals surface area contributed by atoms with Crippen molar-refractivity contribution >= 4 is 23.7 Å². The molecule has 5 atom stereocenters. The number of nitrogens with two attached hydrogens (primary N) is 2. The van der Waals surface area contributed by atoms with E-state index in [1.165, 1.54) is 0 Å². The van der Waals surface area contributed by atoms with Gasteiger partial charge in [0.2, 0.25) is 17.7 Å². The van der Waals surface area contributed by atoms with Crippen molar-refractivity contribution in [1.82, 2.24) is 16.0 Å². The average Bonchev–Trinajstić information content (AvgIpc) is 2.74. The number of carbonyl (C=O) groups is 4. The van der Waals surface area contributed by atoms with Crippen LogP contribution in [0.4, 0.5) is 0 Å². The molecule has 0 saturated carbocycles. The van der Waals surface area contributed by atoms with Crippen LogP contribution in [0.2, 0.25) is 0 Å². The maximum absolute atomic E-state index is 13.1. The molecule has 0 saturated heterocycles. The number of carbonyl (C=O) groups excluding carboxylic acids is 3. The second-order valence-corrected chi connectivity index (χ2v) is 9.52. The molecule has 10 heteroatoms. The number of hydrogen-bond acceptors (Lipinski definition) is 6. The molecule has 0 radical (unpaired) electrons. The zero-order valence-electron chi connectivity index (χ0n) is 21.0. The Bertz CT molecular complexity index is 641. The van der Waals surface area contributed by atoms with Gasteiger partial charge in [0.25, 0.3) is 0 Å². The number of amides is 3. The molecule has 192 valence electrons. The van der Waals surface area contributed by atoms with Crippen LogP contribution in [0.3, 0.4) is 0 Å². The number of unbranched alkanes of at least 4 members (excludes halogenated alkanes) is 1. The highest BCUT2D eigenvalue weighted by Gasteiger charge is 2.33. The van der Waals surface area contributed by atoms with E-state index < -0.39 is 47.9 Å². The zero-order valence-corrected chi connectivity index (χ0v) is 21.0. The van der Waals surface area contributed by atoms with Crippen molar-refractivity contribution in [2.24, 2.45) is 29.2 Å². The van der Waals surface area contributed by atoms with E-state index in [1.807, 2.05) is 34.6 Å². The summed E-state index contributed by atoms with van der Waals surface area (Å²) in [5.41, 5.74) is 11.5. The van der Waals surface area contributed by atoms with Gasteiger partial charge in [0.05, 0.1) is 6.04 Å². The lowest BCUT2D eigenvalue weighted by Gasteiger charge is -2.28. The summed E-state index contributed by atoms with van der Waals surface area (Å²) in [5.74, 6) is -2.92. The molecule has 0 aromatic heterocycles. The van der Waals surface area contributed by atoms with E-state index in [9.17, 15) is 24.3 Å². The fourth-order valence-electron chi connectivity index (χ4n) is 3.24. The van der Waals surface area contributed by atoms with E-state index in [0.29, 0.717) is 32.2 Å². The van der Waals surface area contributed by atoms with E-state index in [2.05, 4.69) is 16.0 Å². The molecule has 0 heterocycles. The van der Waals surface area contributed by atoms with Crippen molar-refractivity contribution in [1.29, 1.82) is 0 Å². The van der Waals surface area contributed by atoms with E-state index in [4.69, 9.17) is 11.5 Å². The van der Waals surface area contributed by atoms with Crippen LogP contribution >= 0.6 is 0 Å². The van der Waals surface area contributed by atoms with Gasteiger partial charge in [-0.2, -0.15) is 0 Å². The molecule has 10 nitrogen and oxygen atoms in total. The Morgan fingerprint density at radius 2 is 1.42 bits per heavy atom. The standard InChI is InChI=1S/C23H45N5O5/c1-7-15(6)19(22(31)27-17(23(32)33)12-13(2)3)28-20(29)16(10-8-9-11-24)26-21(30)18(25)14(4)5/h13-19H,7-12,24-25H2,1-6H3,(H,26,30)(H,27,31)(H,28,29)(H,32,33). The Hall–Kier alpha value is -2.20. The van der Waals surface area contributed by atoms with Crippen LogP contribution in [0.1, 0.15) is 73.6 Å². The van der Waals surface area contributed by atoms with Gasteiger partial charge < -0.3 is 32.5 Å². The summed E-state index contributed by atoms with van der Waals surface area (Å²) in [5, 5.41) is 17.5. The molecular formula is C23H45N5O5. The van der Waals surface area contributed by atoms with Gasteiger partial charge >= 0.3 is 5.97 Å². The number of aliphatic carboxylic acids is 1. The van der Waals surface area contributed by atoms with Gasteiger partial charge in [0.1, 0.15) is 18.1 Å². The highest BCUT2D eigenvalue weighted by Crippen LogP contribution is 2.12. The minimum atomic E-state index is -1.12.